The Bertz CT molecular complexity index is 941. The molecule has 0 amide bonds. The SMILES string of the molecule is Cc1ccc(-c2nnc(SCc3c(F)c(F)c(F)c(F)c3F)n2C)cc1. The molecule has 0 bridgehead atoms. The molecular formula is C17H12F5N3S. The van der Waals surface area contributed by atoms with Crippen LogP contribution in [-0.2, 0) is 12.8 Å². The molecule has 1 heterocycles. The van der Waals surface area contributed by atoms with E-state index in [-0.39, 0.29) is 5.16 Å². The zero-order chi connectivity index (χ0) is 19.0. The molecule has 0 aliphatic heterocycles. The summed E-state index contributed by atoms with van der Waals surface area (Å²) >= 11 is 0.824. The number of halogens is 5. The molecule has 0 aliphatic rings. The summed E-state index contributed by atoms with van der Waals surface area (Å²) in [5.41, 5.74) is 0.955. The number of rotatable bonds is 4. The van der Waals surface area contributed by atoms with Crippen LogP contribution in [0.15, 0.2) is 29.4 Å². The quantitative estimate of drug-likeness (QED) is 0.280. The molecule has 0 N–H and O–H groups in total. The van der Waals surface area contributed by atoms with Gasteiger partial charge in [-0.15, -0.1) is 10.2 Å². The molecule has 0 unspecified atom stereocenters. The van der Waals surface area contributed by atoms with Crippen molar-refractivity contribution in [3.63, 3.8) is 0 Å². The highest BCUT2D eigenvalue weighted by atomic mass is 32.2. The van der Waals surface area contributed by atoms with Crippen molar-refractivity contribution in [1.82, 2.24) is 14.8 Å². The molecule has 26 heavy (non-hydrogen) atoms. The molecule has 2 aromatic carbocycles. The average Bonchev–Trinajstić information content (AvgIpc) is 3.00. The highest BCUT2D eigenvalue weighted by Gasteiger charge is 2.26. The van der Waals surface area contributed by atoms with Crippen LogP contribution in [0.25, 0.3) is 11.4 Å². The lowest BCUT2D eigenvalue weighted by molar-refractivity contribution is 0.372. The van der Waals surface area contributed by atoms with Gasteiger partial charge in [0.25, 0.3) is 0 Å². The summed E-state index contributed by atoms with van der Waals surface area (Å²) in [6.07, 6.45) is 0. The van der Waals surface area contributed by atoms with Crippen LogP contribution in [0.3, 0.4) is 0 Å². The first kappa shape index (κ1) is 18.4. The van der Waals surface area contributed by atoms with Crippen molar-refractivity contribution in [2.24, 2.45) is 7.05 Å². The third kappa shape index (κ3) is 3.18. The molecule has 3 aromatic rings. The van der Waals surface area contributed by atoms with Crippen molar-refractivity contribution < 1.29 is 22.0 Å². The number of aryl methyl sites for hydroxylation is 1. The zero-order valence-corrected chi connectivity index (χ0v) is 14.5. The predicted octanol–water partition coefficient (Wildman–Crippen LogP) is 4.78. The van der Waals surface area contributed by atoms with Crippen molar-refractivity contribution in [3.8, 4) is 11.4 Å². The normalized spacial score (nSPS) is 11.2. The fourth-order valence-electron chi connectivity index (χ4n) is 2.31. The maximum absolute atomic E-state index is 13.7. The number of hydrogen-bond acceptors (Lipinski definition) is 3. The van der Waals surface area contributed by atoms with Crippen LogP contribution in [0.5, 0.6) is 0 Å². The molecule has 9 heteroatoms. The Kier molecular flexibility index (Phi) is 4.99. The van der Waals surface area contributed by atoms with Gasteiger partial charge in [-0.05, 0) is 6.92 Å². The predicted molar refractivity (Wildman–Crippen MR) is 87.0 cm³/mol. The monoisotopic (exact) mass is 385 g/mol. The highest BCUT2D eigenvalue weighted by molar-refractivity contribution is 7.98. The number of benzene rings is 2. The summed E-state index contributed by atoms with van der Waals surface area (Å²) < 4.78 is 68.7. The van der Waals surface area contributed by atoms with Gasteiger partial charge in [-0.3, -0.25) is 0 Å². The van der Waals surface area contributed by atoms with E-state index in [9.17, 15) is 22.0 Å². The molecule has 3 rings (SSSR count). The second-order valence-corrected chi connectivity index (χ2v) is 6.51. The van der Waals surface area contributed by atoms with E-state index in [0.29, 0.717) is 5.82 Å². The van der Waals surface area contributed by atoms with E-state index in [1.165, 1.54) is 0 Å². The summed E-state index contributed by atoms with van der Waals surface area (Å²) in [7, 11) is 1.65. The molecule has 1 aromatic heterocycles. The van der Waals surface area contributed by atoms with Gasteiger partial charge in [0.2, 0.25) is 5.82 Å². The summed E-state index contributed by atoms with van der Waals surface area (Å²) in [5.74, 6) is -9.73. The standard InChI is InChI=1S/C17H12F5N3S/c1-8-3-5-9(6-4-8)16-23-24-17(25(16)2)26-7-10-11(18)13(20)15(22)14(21)12(10)19/h3-6H,7H2,1-2H3. The fourth-order valence-corrected chi connectivity index (χ4v) is 3.21. The second kappa shape index (κ2) is 7.06. The maximum atomic E-state index is 13.7. The summed E-state index contributed by atoms with van der Waals surface area (Å²) in [6, 6.07) is 7.48. The first-order valence-corrected chi connectivity index (χ1v) is 8.39. The molecule has 0 radical (unpaired) electrons. The van der Waals surface area contributed by atoms with E-state index >= 15 is 0 Å². The molecule has 0 atom stereocenters. The lowest BCUT2D eigenvalue weighted by Gasteiger charge is -2.08. The van der Waals surface area contributed by atoms with E-state index in [1.54, 1.807) is 11.6 Å². The molecule has 3 nitrogen and oxygen atoms in total. The van der Waals surface area contributed by atoms with Crippen molar-refractivity contribution in [2.45, 2.75) is 17.8 Å². The van der Waals surface area contributed by atoms with Gasteiger partial charge in [0.1, 0.15) is 0 Å². The lowest BCUT2D eigenvalue weighted by atomic mass is 10.1. The molecule has 0 spiro atoms. The third-order valence-corrected chi connectivity index (χ3v) is 4.84. The summed E-state index contributed by atoms with van der Waals surface area (Å²) in [6.45, 7) is 1.94. The van der Waals surface area contributed by atoms with Gasteiger partial charge in [0.15, 0.2) is 34.2 Å². The molecule has 0 fully saturated rings. The molecule has 0 saturated carbocycles. The highest BCUT2D eigenvalue weighted by Crippen LogP contribution is 2.30. The van der Waals surface area contributed by atoms with Gasteiger partial charge in [0, 0.05) is 23.9 Å². The third-order valence-electron chi connectivity index (χ3n) is 3.79. The fraction of sp³-hybridized carbons (Fsp3) is 0.176. The number of hydrogen-bond donors (Lipinski definition) is 0. The minimum absolute atomic E-state index is 0.282. The van der Waals surface area contributed by atoms with E-state index in [2.05, 4.69) is 10.2 Å². The molecular weight excluding hydrogens is 373 g/mol. The number of thioether (sulfide) groups is 1. The van der Waals surface area contributed by atoms with Crippen LogP contribution >= 0.6 is 11.8 Å². The zero-order valence-electron chi connectivity index (χ0n) is 13.7. The van der Waals surface area contributed by atoms with Gasteiger partial charge in [-0.2, -0.15) is 0 Å². The van der Waals surface area contributed by atoms with E-state index in [4.69, 9.17) is 0 Å². The Morgan fingerprint density at radius 3 is 1.96 bits per heavy atom. The van der Waals surface area contributed by atoms with Crippen molar-refractivity contribution in [3.05, 3.63) is 64.5 Å². The van der Waals surface area contributed by atoms with Gasteiger partial charge < -0.3 is 4.57 Å². The average molecular weight is 385 g/mol. The van der Waals surface area contributed by atoms with Gasteiger partial charge in [0.05, 0.1) is 0 Å². The first-order chi connectivity index (χ1) is 12.3. The Morgan fingerprint density at radius 2 is 1.38 bits per heavy atom. The Morgan fingerprint density at radius 1 is 0.846 bits per heavy atom. The van der Waals surface area contributed by atoms with E-state index in [1.807, 2.05) is 31.2 Å². The van der Waals surface area contributed by atoms with Crippen molar-refractivity contribution in [2.75, 3.05) is 0 Å². The summed E-state index contributed by atoms with van der Waals surface area (Å²) in [5, 5.41) is 8.22. The Labute approximate surface area is 149 Å². The van der Waals surface area contributed by atoms with Crippen LogP contribution in [-0.4, -0.2) is 14.8 Å². The smallest absolute Gasteiger partial charge is 0.200 e. The van der Waals surface area contributed by atoms with Crippen LogP contribution in [0.2, 0.25) is 0 Å². The second-order valence-electron chi connectivity index (χ2n) is 5.57. The first-order valence-electron chi connectivity index (χ1n) is 7.40. The van der Waals surface area contributed by atoms with E-state index < -0.39 is 40.4 Å². The van der Waals surface area contributed by atoms with E-state index in [0.717, 1.165) is 22.9 Å². The van der Waals surface area contributed by atoms with Crippen molar-refractivity contribution in [1.29, 1.82) is 0 Å². The van der Waals surface area contributed by atoms with Crippen LogP contribution in [0, 0.1) is 36.0 Å². The van der Waals surface area contributed by atoms with Gasteiger partial charge in [-0.25, -0.2) is 22.0 Å². The van der Waals surface area contributed by atoms with Gasteiger partial charge in [-0.1, -0.05) is 41.6 Å². The minimum Gasteiger partial charge on any atom is -0.305 e. The van der Waals surface area contributed by atoms with Crippen molar-refractivity contribution >= 4 is 11.8 Å². The minimum atomic E-state index is -2.17. The largest absolute Gasteiger partial charge is 0.305 e. The van der Waals surface area contributed by atoms with Gasteiger partial charge >= 0.3 is 0 Å². The maximum Gasteiger partial charge on any atom is 0.200 e. The number of nitrogens with zero attached hydrogens (tertiary/aromatic N) is 3. The molecule has 136 valence electrons. The van der Waals surface area contributed by atoms with Crippen LogP contribution in [0.1, 0.15) is 11.1 Å². The Hall–Kier alpha value is -2.42. The van der Waals surface area contributed by atoms with Crippen LogP contribution in [0.4, 0.5) is 22.0 Å². The topological polar surface area (TPSA) is 30.7 Å². The molecule has 0 aliphatic carbocycles. The molecule has 0 saturated heterocycles. The van der Waals surface area contributed by atoms with Crippen LogP contribution < -0.4 is 0 Å². The summed E-state index contributed by atoms with van der Waals surface area (Å²) in [4.78, 5) is 0. The lowest BCUT2D eigenvalue weighted by Crippen LogP contribution is -2.06. The number of aromatic nitrogens is 3. The Balaban J connectivity index is 1.87.